The second-order valence-electron chi connectivity index (χ2n) is 4.97. The molecule has 0 radical (unpaired) electrons. The molecule has 5 heteroatoms. The van der Waals surface area contributed by atoms with Gasteiger partial charge in [-0.15, -0.1) is 0 Å². The smallest absolute Gasteiger partial charge is 0.234 e. The summed E-state index contributed by atoms with van der Waals surface area (Å²) in [5.74, 6) is 1.27. The molecule has 1 fully saturated rings. The molecular weight excluding hydrogens is 218 g/mol. The average Bonchev–Trinajstić information content (AvgIpc) is 2.88. The Bertz CT molecular complexity index is 380. The molecule has 1 heterocycles. The van der Waals surface area contributed by atoms with Crippen molar-refractivity contribution in [1.82, 2.24) is 10.1 Å². The van der Waals surface area contributed by atoms with E-state index in [0.717, 1.165) is 19.3 Å². The summed E-state index contributed by atoms with van der Waals surface area (Å²) in [6.45, 7) is 6.62. The van der Waals surface area contributed by atoms with Crippen molar-refractivity contribution in [3.05, 3.63) is 11.7 Å². The van der Waals surface area contributed by atoms with Crippen LogP contribution in [0, 0.1) is 0 Å². The molecular formula is C12H21N3O2. The number of rotatable bonds is 4. The summed E-state index contributed by atoms with van der Waals surface area (Å²) >= 11 is 0. The quantitative estimate of drug-likeness (QED) is 0.869. The maximum Gasteiger partial charge on any atom is 0.234 e. The number of ether oxygens (including phenoxy) is 1. The standard InChI is InChI=1S/C12H21N3O2/c1-4-16-8(2)10-14-11(17-15-10)12(3)7-5-6-9(12)13/h8-9H,4-7,13H2,1-3H3. The van der Waals surface area contributed by atoms with Gasteiger partial charge in [-0.3, -0.25) is 0 Å². The first-order valence-electron chi connectivity index (χ1n) is 6.29. The normalized spacial score (nSPS) is 30.7. The molecule has 0 amide bonds. The van der Waals surface area contributed by atoms with Crippen LogP contribution in [0.4, 0.5) is 0 Å². The van der Waals surface area contributed by atoms with Crippen molar-refractivity contribution in [2.45, 2.75) is 57.6 Å². The van der Waals surface area contributed by atoms with E-state index < -0.39 is 0 Å². The Hall–Kier alpha value is -0.940. The Morgan fingerprint density at radius 2 is 2.41 bits per heavy atom. The molecule has 1 aromatic heterocycles. The van der Waals surface area contributed by atoms with Crippen molar-refractivity contribution in [3.63, 3.8) is 0 Å². The van der Waals surface area contributed by atoms with Crippen LogP contribution in [0.2, 0.25) is 0 Å². The third-order valence-electron chi connectivity index (χ3n) is 3.74. The fraction of sp³-hybridized carbons (Fsp3) is 0.833. The van der Waals surface area contributed by atoms with E-state index in [-0.39, 0.29) is 17.6 Å². The largest absolute Gasteiger partial charge is 0.371 e. The molecule has 0 aliphatic heterocycles. The first-order chi connectivity index (χ1) is 8.08. The van der Waals surface area contributed by atoms with E-state index >= 15 is 0 Å². The van der Waals surface area contributed by atoms with E-state index in [9.17, 15) is 0 Å². The maximum atomic E-state index is 6.13. The fourth-order valence-corrected chi connectivity index (χ4v) is 2.42. The number of aromatic nitrogens is 2. The molecule has 3 atom stereocenters. The maximum absolute atomic E-state index is 6.13. The lowest BCUT2D eigenvalue weighted by molar-refractivity contribution is 0.0683. The van der Waals surface area contributed by atoms with Crippen LogP contribution in [0.25, 0.3) is 0 Å². The third-order valence-corrected chi connectivity index (χ3v) is 3.74. The van der Waals surface area contributed by atoms with Crippen molar-refractivity contribution in [3.8, 4) is 0 Å². The van der Waals surface area contributed by atoms with Gasteiger partial charge in [0.1, 0.15) is 6.10 Å². The Balaban J connectivity index is 2.18. The molecule has 2 N–H and O–H groups in total. The minimum atomic E-state index is -0.169. The van der Waals surface area contributed by atoms with Gasteiger partial charge in [0, 0.05) is 12.6 Å². The van der Waals surface area contributed by atoms with Crippen molar-refractivity contribution < 1.29 is 9.26 Å². The van der Waals surface area contributed by atoms with E-state index in [1.54, 1.807) is 0 Å². The monoisotopic (exact) mass is 239 g/mol. The molecule has 1 aliphatic rings. The second-order valence-corrected chi connectivity index (χ2v) is 4.97. The molecule has 2 rings (SSSR count). The fourth-order valence-electron chi connectivity index (χ4n) is 2.42. The Kier molecular flexibility index (Phi) is 3.49. The Labute approximate surface area is 102 Å². The van der Waals surface area contributed by atoms with Crippen LogP contribution in [-0.2, 0) is 10.2 Å². The van der Waals surface area contributed by atoms with Gasteiger partial charge in [0.15, 0.2) is 5.82 Å². The zero-order valence-electron chi connectivity index (χ0n) is 10.8. The first-order valence-corrected chi connectivity index (χ1v) is 6.29. The molecule has 5 nitrogen and oxygen atoms in total. The van der Waals surface area contributed by atoms with Crippen LogP contribution in [-0.4, -0.2) is 22.8 Å². The zero-order valence-corrected chi connectivity index (χ0v) is 10.8. The van der Waals surface area contributed by atoms with Crippen LogP contribution < -0.4 is 5.73 Å². The van der Waals surface area contributed by atoms with Gasteiger partial charge in [0.2, 0.25) is 5.89 Å². The lowest BCUT2D eigenvalue weighted by atomic mass is 9.85. The minimum Gasteiger partial charge on any atom is -0.371 e. The molecule has 0 spiro atoms. The highest BCUT2D eigenvalue weighted by molar-refractivity contribution is 5.12. The highest BCUT2D eigenvalue weighted by Gasteiger charge is 2.42. The third kappa shape index (κ3) is 2.21. The van der Waals surface area contributed by atoms with Crippen LogP contribution in [0.3, 0.4) is 0 Å². The minimum absolute atomic E-state index is 0.109. The van der Waals surface area contributed by atoms with Crippen LogP contribution in [0.15, 0.2) is 4.52 Å². The summed E-state index contributed by atoms with van der Waals surface area (Å²) in [4.78, 5) is 4.45. The molecule has 3 unspecified atom stereocenters. The SMILES string of the molecule is CCOC(C)c1noc(C2(C)CCCC2N)n1. The van der Waals surface area contributed by atoms with Gasteiger partial charge >= 0.3 is 0 Å². The highest BCUT2D eigenvalue weighted by Crippen LogP contribution is 2.39. The van der Waals surface area contributed by atoms with Gasteiger partial charge in [-0.1, -0.05) is 11.6 Å². The van der Waals surface area contributed by atoms with E-state index in [2.05, 4.69) is 17.1 Å². The predicted molar refractivity (Wildman–Crippen MR) is 63.5 cm³/mol. The molecule has 0 aromatic carbocycles. The summed E-state index contributed by atoms with van der Waals surface area (Å²) in [5, 5.41) is 3.99. The Morgan fingerprint density at radius 1 is 1.65 bits per heavy atom. The summed E-state index contributed by atoms with van der Waals surface area (Å²) in [6, 6.07) is 0.109. The first kappa shape index (κ1) is 12.5. The van der Waals surface area contributed by atoms with E-state index in [0.29, 0.717) is 18.3 Å². The van der Waals surface area contributed by atoms with Crippen LogP contribution >= 0.6 is 0 Å². The van der Waals surface area contributed by atoms with Crippen LogP contribution in [0.5, 0.6) is 0 Å². The molecule has 1 saturated carbocycles. The molecule has 0 saturated heterocycles. The molecule has 0 bridgehead atoms. The zero-order chi connectivity index (χ0) is 12.5. The Morgan fingerprint density at radius 3 is 3.00 bits per heavy atom. The summed E-state index contributed by atoms with van der Waals surface area (Å²) in [6.07, 6.45) is 3.03. The average molecular weight is 239 g/mol. The lowest BCUT2D eigenvalue weighted by Crippen LogP contribution is -2.38. The number of hydrogen-bond acceptors (Lipinski definition) is 5. The molecule has 1 aromatic rings. The summed E-state index contributed by atoms with van der Waals surface area (Å²) in [5.41, 5.74) is 5.96. The van der Waals surface area contributed by atoms with Crippen molar-refractivity contribution in [2.24, 2.45) is 5.73 Å². The second kappa shape index (κ2) is 4.74. The van der Waals surface area contributed by atoms with Gasteiger partial charge in [-0.2, -0.15) is 4.98 Å². The van der Waals surface area contributed by atoms with E-state index in [1.165, 1.54) is 0 Å². The van der Waals surface area contributed by atoms with E-state index in [1.807, 2.05) is 13.8 Å². The van der Waals surface area contributed by atoms with Gasteiger partial charge in [-0.05, 0) is 33.6 Å². The number of hydrogen-bond donors (Lipinski definition) is 1. The van der Waals surface area contributed by atoms with Gasteiger partial charge in [0.25, 0.3) is 0 Å². The van der Waals surface area contributed by atoms with Gasteiger partial charge in [-0.25, -0.2) is 0 Å². The number of nitrogens with zero attached hydrogens (tertiary/aromatic N) is 2. The molecule has 1 aliphatic carbocycles. The van der Waals surface area contributed by atoms with Crippen molar-refractivity contribution in [2.75, 3.05) is 6.61 Å². The predicted octanol–water partition coefficient (Wildman–Crippen LogP) is 1.94. The van der Waals surface area contributed by atoms with Gasteiger partial charge in [0.05, 0.1) is 5.41 Å². The van der Waals surface area contributed by atoms with Gasteiger partial charge < -0.3 is 15.0 Å². The van der Waals surface area contributed by atoms with E-state index in [4.69, 9.17) is 15.0 Å². The lowest BCUT2D eigenvalue weighted by Gasteiger charge is -2.23. The van der Waals surface area contributed by atoms with Crippen molar-refractivity contribution >= 4 is 0 Å². The summed E-state index contributed by atoms with van der Waals surface area (Å²) in [7, 11) is 0. The molecule has 96 valence electrons. The topological polar surface area (TPSA) is 74.2 Å². The summed E-state index contributed by atoms with van der Waals surface area (Å²) < 4.78 is 10.8. The number of nitrogens with two attached hydrogens (primary N) is 1. The van der Waals surface area contributed by atoms with Crippen molar-refractivity contribution in [1.29, 1.82) is 0 Å². The molecule has 17 heavy (non-hydrogen) atoms. The van der Waals surface area contributed by atoms with Crippen LogP contribution in [0.1, 0.15) is 57.9 Å². The highest BCUT2D eigenvalue weighted by atomic mass is 16.5.